The van der Waals surface area contributed by atoms with Gasteiger partial charge in [0.1, 0.15) is 0 Å². The van der Waals surface area contributed by atoms with Crippen molar-refractivity contribution in [1.29, 1.82) is 0 Å². The van der Waals surface area contributed by atoms with Crippen LogP contribution < -0.4 is 5.32 Å². The molecule has 2 heterocycles. The molecule has 0 aromatic carbocycles. The summed E-state index contributed by atoms with van der Waals surface area (Å²) in [6, 6.07) is 0. The van der Waals surface area contributed by atoms with Crippen molar-refractivity contribution in [3.63, 3.8) is 0 Å². The number of nitrogens with zero attached hydrogens (tertiary/aromatic N) is 4. The number of amides is 1. The third kappa shape index (κ3) is 3.54. The molecule has 20 heavy (non-hydrogen) atoms. The van der Waals surface area contributed by atoms with Crippen LogP contribution in [-0.4, -0.2) is 59.9 Å². The number of hydrogen-bond acceptors (Lipinski definition) is 5. The molecule has 2 rings (SSSR count). The van der Waals surface area contributed by atoms with Crippen LogP contribution in [0, 0.1) is 0 Å². The topological polar surface area (TPSA) is 61.4 Å². The number of likely N-dealkylation sites (N-methyl/N-ethyl adjacent to an activating group) is 1. The summed E-state index contributed by atoms with van der Waals surface area (Å²) in [5.74, 6) is 0.642. The minimum Gasteiger partial charge on any atom is -0.357 e. The molecule has 1 N–H and O–H groups in total. The number of nitrogens with one attached hydrogen (secondary N) is 1. The fourth-order valence-corrected chi connectivity index (χ4v) is 2.08. The number of hydrogen-bond donors (Lipinski definition) is 1. The molecule has 0 saturated heterocycles. The Bertz CT molecular complexity index is 512. The monoisotopic (exact) mass is 275 g/mol. The van der Waals surface area contributed by atoms with E-state index in [-0.39, 0.29) is 5.91 Å². The molecule has 0 aliphatic carbocycles. The summed E-state index contributed by atoms with van der Waals surface area (Å²) in [4.78, 5) is 24.6. The van der Waals surface area contributed by atoms with E-state index in [1.165, 1.54) is 0 Å². The summed E-state index contributed by atoms with van der Waals surface area (Å²) in [6.07, 6.45) is 6.19. The molecule has 0 unspecified atom stereocenters. The molecule has 1 aliphatic rings. The van der Waals surface area contributed by atoms with Crippen molar-refractivity contribution in [1.82, 2.24) is 19.8 Å². The predicted octanol–water partition coefficient (Wildman–Crippen LogP) is 0.521. The summed E-state index contributed by atoms with van der Waals surface area (Å²) in [5.41, 5.74) is 2.07. The van der Waals surface area contributed by atoms with E-state index in [9.17, 15) is 4.79 Å². The third-order valence-corrected chi connectivity index (χ3v) is 3.21. The molecule has 1 aromatic heterocycles. The van der Waals surface area contributed by atoms with Crippen molar-refractivity contribution in [3.8, 4) is 0 Å². The summed E-state index contributed by atoms with van der Waals surface area (Å²) >= 11 is 0. The van der Waals surface area contributed by atoms with Crippen LogP contribution in [0.4, 0.5) is 5.95 Å². The molecule has 1 amide bonds. The van der Waals surface area contributed by atoms with Crippen LogP contribution >= 0.6 is 0 Å². The Morgan fingerprint density at radius 3 is 3.05 bits per heavy atom. The summed E-state index contributed by atoms with van der Waals surface area (Å²) in [5, 5.41) is 2.92. The van der Waals surface area contributed by atoms with Gasteiger partial charge < -0.3 is 15.1 Å². The maximum absolute atomic E-state index is 12.1. The molecule has 0 saturated carbocycles. The van der Waals surface area contributed by atoms with Gasteiger partial charge in [0.2, 0.25) is 11.9 Å². The second-order valence-electron chi connectivity index (χ2n) is 5.09. The lowest BCUT2D eigenvalue weighted by molar-refractivity contribution is -0.127. The first-order chi connectivity index (χ1) is 9.60. The van der Waals surface area contributed by atoms with Gasteiger partial charge in [-0.1, -0.05) is 6.08 Å². The quantitative estimate of drug-likeness (QED) is 0.812. The fraction of sp³-hybridized carbons (Fsp3) is 0.500. The van der Waals surface area contributed by atoms with Crippen molar-refractivity contribution in [2.75, 3.05) is 39.5 Å². The lowest BCUT2D eigenvalue weighted by Gasteiger charge is -2.27. The van der Waals surface area contributed by atoms with E-state index in [0.29, 0.717) is 12.5 Å². The minimum absolute atomic E-state index is 0.0436. The average molecular weight is 275 g/mol. The largest absolute Gasteiger partial charge is 0.357 e. The van der Waals surface area contributed by atoms with E-state index in [2.05, 4.69) is 15.3 Å². The zero-order valence-corrected chi connectivity index (χ0v) is 12.3. The van der Waals surface area contributed by atoms with E-state index < -0.39 is 0 Å². The number of rotatable bonds is 4. The molecule has 0 radical (unpaired) electrons. The van der Waals surface area contributed by atoms with Crippen LogP contribution in [0.15, 0.2) is 18.3 Å². The highest BCUT2D eigenvalue weighted by molar-refractivity contribution is 5.87. The number of fused-ring (bicyclic) bond motifs is 1. The van der Waals surface area contributed by atoms with E-state index in [0.717, 1.165) is 30.8 Å². The first kappa shape index (κ1) is 14.5. The van der Waals surface area contributed by atoms with Crippen LogP contribution in [-0.2, 0) is 17.8 Å². The van der Waals surface area contributed by atoms with Gasteiger partial charge in [-0.2, -0.15) is 0 Å². The van der Waals surface area contributed by atoms with Crippen molar-refractivity contribution < 1.29 is 4.79 Å². The van der Waals surface area contributed by atoms with Crippen LogP contribution in [0.3, 0.4) is 0 Å². The summed E-state index contributed by atoms with van der Waals surface area (Å²) < 4.78 is 0. The molecule has 1 aromatic rings. The highest BCUT2D eigenvalue weighted by Crippen LogP contribution is 2.17. The Balaban J connectivity index is 2.02. The first-order valence-corrected chi connectivity index (χ1v) is 6.73. The minimum atomic E-state index is 0.0436. The van der Waals surface area contributed by atoms with Crippen molar-refractivity contribution in [2.45, 2.75) is 13.0 Å². The predicted molar refractivity (Wildman–Crippen MR) is 78.4 cm³/mol. The lowest BCUT2D eigenvalue weighted by Crippen LogP contribution is -2.35. The Morgan fingerprint density at radius 1 is 1.55 bits per heavy atom. The second-order valence-corrected chi connectivity index (χ2v) is 5.09. The Morgan fingerprint density at radius 2 is 2.35 bits per heavy atom. The average Bonchev–Trinajstić information content (AvgIpc) is 2.45. The van der Waals surface area contributed by atoms with Crippen molar-refractivity contribution in [2.24, 2.45) is 0 Å². The number of carbonyl (C=O) groups is 1. The molecule has 0 atom stereocenters. The summed E-state index contributed by atoms with van der Waals surface area (Å²) in [7, 11) is 5.74. The van der Waals surface area contributed by atoms with Gasteiger partial charge in [-0.15, -0.1) is 0 Å². The molecule has 0 bridgehead atoms. The number of aromatic nitrogens is 2. The molecule has 0 spiro atoms. The number of anilines is 1. The van der Waals surface area contributed by atoms with E-state index >= 15 is 0 Å². The summed E-state index contributed by atoms with van der Waals surface area (Å²) in [6.45, 7) is 2.04. The van der Waals surface area contributed by atoms with Gasteiger partial charge >= 0.3 is 0 Å². The molecule has 108 valence electrons. The highest BCUT2D eigenvalue weighted by Gasteiger charge is 2.20. The molecular weight excluding hydrogens is 254 g/mol. The Hall–Kier alpha value is -1.95. The lowest BCUT2D eigenvalue weighted by atomic mass is 10.1. The Labute approximate surface area is 119 Å². The fourth-order valence-electron chi connectivity index (χ4n) is 2.08. The van der Waals surface area contributed by atoms with Gasteiger partial charge in [-0.25, -0.2) is 9.97 Å². The molecular formula is C14H21N5O. The van der Waals surface area contributed by atoms with Gasteiger partial charge in [0.25, 0.3) is 0 Å². The standard InChI is InChI=1S/C14H21N5O/c1-15-14-16-9-11-6-8-19(10-12(11)17-14)13(20)5-4-7-18(2)3/h4-5,9H,6-8,10H2,1-3H3,(H,15,16,17). The van der Waals surface area contributed by atoms with Gasteiger partial charge in [-0.3, -0.25) is 4.79 Å². The highest BCUT2D eigenvalue weighted by atomic mass is 16.2. The first-order valence-electron chi connectivity index (χ1n) is 6.73. The van der Waals surface area contributed by atoms with Gasteiger partial charge in [-0.05, 0) is 26.1 Å². The van der Waals surface area contributed by atoms with Crippen molar-refractivity contribution >= 4 is 11.9 Å². The second kappa shape index (κ2) is 6.47. The normalized spacial score (nSPS) is 14.7. The van der Waals surface area contributed by atoms with Crippen LogP contribution in [0.25, 0.3) is 0 Å². The van der Waals surface area contributed by atoms with Crippen molar-refractivity contribution in [3.05, 3.63) is 29.6 Å². The maximum Gasteiger partial charge on any atom is 0.246 e. The molecule has 6 heteroatoms. The third-order valence-electron chi connectivity index (χ3n) is 3.21. The van der Waals surface area contributed by atoms with Crippen LogP contribution in [0.1, 0.15) is 11.3 Å². The van der Waals surface area contributed by atoms with Gasteiger partial charge in [0.05, 0.1) is 12.2 Å². The van der Waals surface area contributed by atoms with E-state index in [4.69, 9.17) is 0 Å². The van der Waals surface area contributed by atoms with Gasteiger partial charge in [0.15, 0.2) is 0 Å². The zero-order valence-electron chi connectivity index (χ0n) is 12.3. The van der Waals surface area contributed by atoms with Crippen LogP contribution in [0.5, 0.6) is 0 Å². The Kier molecular flexibility index (Phi) is 4.68. The maximum atomic E-state index is 12.1. The van der Waals surface area contributed by atoms with Crippen LogP contribution in [0.2, 0.25) is 0 Å². The zero-order chi connectivity index (χ0) is 14.5. The smallest absolute Gasteiger partial charge is 0.246 e. The van der Waals surface area contributed by atoms with E-state index in [1.807, 2.05) is 36.2 Å². The molecule has 0 fully saturated rings. The SMILES string of the molecule is CNc1ncc2c(n1)CN(C(=O)C=CCN(C)C)CC2. The molecule has 6 nitrogen and oxygen atoms in total. The van der Waals surface area contributed by atoms with Gasteiger partial charge in [0, 0.05) is 32.4 Å². The molecule has 1 aliphatic heterocycles. The number of carbonyl (C=O) groups excluding carboxylic acids is 1. The van der Waals surface area contributed by atoms with E-state index in [1.54, 1.807) is 13.1 Å².